The number of imide groups is 1. The van der Waals surface area contributed by atoms with E-state index < -0.39 is 0 Å². The smallest absolute Gasteiger partial charge is 0.247 e. The van der Waals surface area contributed by atoms with E-state index in [1.165, 1.54) is 17.7 Å². The maximum absolute atomic E-state index is 12.2. The maximum atomic E-state index is 12.2. The van der Waals surface area contributed by atoms with Crippen LogP contribution in [-0.2, 0) is 9.59 Å². The molecule has 4 atom stereocenters. The number of nitrogens with zero attached hydrogens (tertiary/aromatic N) is 1. The van der Waals surface area contributed by atoms with Gasteiger partial charge in [-0.15, -0.1) is 0 Å². The third-order valence-corrected chi connectivity index (χ3v) is 4.55. The second-order valence-electron chi connectivity index (χ2n) is 6.62. The lowest BCUT2D eigenvalue weighted by Crippen LogP contribution is -2.48. The van der Waals surface area contributed by atoms with Crippen LogP contribution in [0.5, 0.6) is 0 Å². The summed E-state index contributed by atoms with van der Waals surface area (Å²) in [6.45, 7) is 8.32. The van der Waals surface area contributed by atoms with E-state index in [1.807, 2.05) is 13.8 Å². The van der Waals surface area contributed by atoms with E-state index in [1.54, 1.807) is 0 Å². The predicted octanol–water partition coefficient (Wildman–Crippen LogP) is 1.94. The van der Waals surface area contributed by atoms with Crippen molar-refractivity contribution < 1.29 is 9.59 Å². The zero-order valence-electron chi connectivity index (χ0n) is 12.5. The van der Waals surface area contributed by atoms with Gasteiger partial charge in [0.15, 0.2) is 0 Å². The Labute approximate surface area is 115 Å². The minimum atomic E-state index is -0.296. The number of hydrogen-bond acceptors (Lipinski definition) is 3. The third kappa shape index (κ3) is 2.99. The highest BCUT2D eigenvalue weighted by atomic mass is 16.2. The molecule has 0 bridgehead atoms. The lowest BCUT2D eigenvalue weighted by molar-refractivity contribution is -0.140. The van der Waals surface area contributed by atoms with Crippen molar-refractivity contribution in [2.45, 2.75) is 71.5 Å². The zero-order chi connectivity index (χ0) is 14.2. The van der Waals surface area contributed by atoms with E-state index in [0.717, 1.165) is 12.3 Å². The Morgan fingerprint density at radius 1 is 1.21 bits per heavy atom. The van der Waals surface area contributed by atoms with Crippen LogP contribution in [0.4, 0.5) is 0 Å². The van der Waals surface area contributed by atoms with Crippen molar-refractivity contribution in [3.63, 3.8) is 0 Å². The molecule has 19 heavy (non-hydrogen) atoms. The van der Waals surface area contributed by atoms with Crippen LogP contribution in [0, 0.1) is 11.8 Å². The van der Waals surface area contributed by atoms with E-state index in [0.29, 0.717) is 18.4 Å². The molecule has 1 aliphatic heterocycles. The fourth-order valence-electron chi connectivity index (χ4n) is 3.50. The van der Waals surface area contributed by atoms with Gasteiger partial charge in [-0.1, -0.05) is 13.8 Å². The summed E-state index contributed by atoms with van der Waals surface area (Å²) in [5, 5.41) is 3.44. The number of carbonyl (C=O) groups excluding carboxylic acids is 2. The fourth-order valence-corrected chi connectivity index (χ4v) is 3.50. The molecule has 108 valence electrons. The third-order valence-electron chi connectivity index (χ3n) is 4.55. The van der Waals surface area contributed by atoms with E-state index in [9.17, 15) is 9.59 Å². The molecule has 2 fully saturated rings. The molecule has 1 heterocycles. The minimum Gasteiger partial charge on any atom is -0.302 e. The summed E-state index contributed by atoms with van der Waals surface area (Å²) in [4.78, 5) is 25.5. The highest BCUT2D eigenvalue weighted by molar-refractivity contribution is 6.05. The van der Waals surface area contributed by atoms with Crippen LogP contribution in [0.15, 0.2) is 0 Å². The largest absolute Gasteiger partial charge is 0.302 e. The van der Waals surface area contributed by atoms with Gasteiger partial charge in [-0.05, 0) is 44.9 Å². The Balaban J connectivity index is 1.97. The lowest BCUT2D eigenvalue weighted by Gasteiger charge is -2.34. The molecule has 2 aliphatic rings. The lowest BCUT2D eigenvalue weighted by atomic mass is 9.79. The standard InChI is InChI=1S/C15H26N2O2/c1-9(2)17-14(18)8-13(15(17)19)16-12-6-5-10(3)7-11(12)4/h9-13,16H,5-8H2,1-4H3/t10-,11-,12+,13+/m1/s1. The second-order valence-corrected chi connectivity index (χ2v) is 6.62. The van der Waals surface area contributed by atoms with Gasteiger partial charge in [0.05, 0.1) is 12.5 Å². The molecule has 0 aromatic heterocycles. The van der Waals surface area contributed by atoms with E-state index in [2.05, 4.69) is 19.2 Å². The molecule has 0 radical (unpaired) electrons. The Kier molecular flexibility index (Phi) is 4.29. The van der Waals surface area contributed by atoms with Gasteiger partial charge in [-0.25, -0.2) is 0 Å². The van der Waals surface area contributed by atoms with Crippen LogP contribution in [-0.4, -0.2) is 34.8 Å². The molecule has 1 saturated carbocycles. The van der Waals surface area contributed by atoms with E-state index >= 15 is 0 Å². The molecule has 1 aliphatic carbocycles. The Morgan fingerprint density at radius 2 is 1.89 bits per heavy atom. The molecule has 0 aromatic rings. The summed E-state index contributed by atoms with van der Waals surface area (Å²) in [7, 11) is 0. The van der Waals surface area contributed by atoms with Gasteiger partial charge >= 0.3 is 0 Å². The van der Waals surface area contributed by atoms with Gasteiger partial charge in [0.2, 0.25) is 11.8 Å². The number of hydrogen-bond donors (Lipinski definition) is 1. The molecule has 1 N–H and O–H groups in total. The summed E-state index contributed by atoms with van der Waals surface area (Å²) in [5.41, 5.74) is 0. The molecule has 0 spiro atoms. The van der Waals surface area contributed by atoms with Crippen molar-refractivity contribution in [1.29, 1.82) is 0 Å². The minimum absolute atomic E-state index is 0.0319. The van der Waals surface area contributed by atoms with Gasteiger partial charge in [0, 0.05) is 12.1 Å². The van der Waals surface area contributed by atoms with Crippen molar-refractivity contribution in [2.75, 3.05) is 0 Å². The molecule has 0 unspecified atom stereocenters. The number of rotatable bonds is 3. The fraction of sp³-hybridized carbons (Fsp3) is 0.867. The molecule has 4 nitrogen and oxygen atoms in total. The summed E-state index contributed by atoms with van der Waals surface area (Å²) in [5.74, 6) is 1.29. The summed E-state index contributed by atoms with van der Waals surface area (Å²) >= 11 is 0. The number of carbonyl (C=O) groups is 2. The highest BCUT2D eigenvalue weighted by Crippen LogP contribution is 2.29. The van der Waals surface area contributed by atoms with Gasteiger partial charge in [0.1, 0.15) is 0 Å². The van der Waals surface area contributed by atoms with E-state index in [-0.39, 0.29) is 23.9 Å². The first-order valence-electron chi connectivity index (χ1n) is 7.52. The Hall–Kier alpha value is -0.900. The molecule has 2 rings (SSSR count). The van der Waals surface area contributed by atoms with Gasteiger partial charge in [-0.3, -0.25) is 14.5 Å². The quantitative estimate of drug-likeness (QED) is 0.794. The first-order valence-corrected chi connectivity index (χ1v) is 7.52. The Morgan fingerprint density at radius 3 is 2.42 bits per heavy atom. The molecule has 4 heteroatoms. The van der Waals surface area contributed by atoms with Crippen molar-refractivity contribution in [3.05, 3.63) is 0 Å². The summed E-state index contributed by atoms with van der Waals surface area (Å²) < 4.78 is 0. The number of amides is 2. The van der Waals surface area contributed by atoms with Crippen LogP contribution in [0.25, 0.3) is 0 Å². The van der Waals surface area contributed by atoms with E-state index in [4.69, 9.17) is 0 Å². The summed E-state index contributed by atoms with van der Waals surface area (Å²) in [6, 6.07) is 0.0522. The van der Waals surface area contributed by atoms with Crippen molar-refractivity contribution in [1.82, 2.24) is 10.2 Å². The average molecular weight is 266 g/mol. The maximum Gasteiger partial charge on any atom is 0.247 e. The molecular weight excluding hydrogens is 240 g/mol. The van der Waals surface area contributed by atoms with Gasteiger partial charge in [0.25, 0.3) is 0 Å². The monoisotopic (exact) mass is 266 g/mol. The highest BCUT2D eigenvalue weighted by Gasteiger charge is 2.41. The molecular formula is C15H26N2O2. The van der Waals surface area contributed by atoms with Crippen LogP contribution < -0.4 is 5.32 Å². The van der Waals surface area contributed by atoms with Crippen molar-refractivity contribution in [3.8, 4) is 0 Å². The molecule has 1 saturated heterocycles. The Bertz CT molecular complexity index is 367. The second kappa shape index (κ2) is 5.61. The average Bonchev–Trinajstić information content (AvgIpc) is 2.58. The predicted molar refractivity (Wildman–Crippen MR) is 74.5 cm³/mol. The van der Waals surface area contributed by atoms with Crippen molar-refractivity contribution >= 4 is 11.8 Å². The summed E-state index contributed by atoms with van der Waals surface area (Å²) in [6.07, 6.45) is 3.86. The molecule has 2 amide bonds. The SMILES string of the molecule is CC(C)N1C(=O)C[C@H](N[C@H]2CC[C@@H](C)C[C@H]2C)C1=O. The first kappa shape index (κ1) is 14.5. The van der Waals surface area contributed by atoms with Crippen molar-refractivity contribution in [2.24, 2.45) is 11.8 Å². The number of nitrogens with one attached hydrogen (secondary N) is 1. The van der Waals surface area contributed by atoms with Crippen LogP contribution in [0.2, 0.25) is 0 Å². The zero-order valence-corrected chi connectivity index (χ0v) is 12.5. The van der Waals surface area contributed by atoms with Gasteiger partial charge < -0.3 is 5.32 Å². The normalized spacial score (nSPS) is 36.4. The van der Waals surface area contributed by atoms with Crippen LogP contribution in [0.1, 0.15) is 53.4 Å². The van der Waals surface area contributed by atoms with Crippen LogP contribution in [0.3, 0.4) is 0 Å². The van der Waals surface area contributed by atoms with Gasteiger partial charge in [-0.2, -0.15) is 0 Å². The first-order chi connectivity index (χ1) is 8.90. The number of likely N-dealkylation sites (tertiary alicyclic amines) is 1. The van der Waals surface area contributed by atoms with Crippen LogP contribution >= 0.6 is 0 Å². The molecule has 0 aromatic carbocycles. The topological polar surface area (TPSA) is 49.4 Å².